The molecule has 2 heterocycles. The van der Waals surface area contributed by atoms with Gasteiger partial charge in [0.1, 0.15) is 12.2 Å². The summed E-state index contributed by atoms with van der Waals surface area (Å²) in [6, 6.07) is 6.30. The number of benzene rings is 1. The van der Waals surface area contributed by atoms with E-state index in [1.165, 1.54) is 22.9 Å². The first kappa shape index (κ1) is 18.1. The maximum Gasteiger partial charge on any atom is 0.229 e. The molecule has 0 radical (unpaired) electrons. The predicted molar refractivity (Wildman–Crippen MR) is 104 cm³/mol. The van der Waals surface area contributed by atoms with Gasteiger partial charge in [-0.25, -0.2) is 0 Å². The number of nitrogens with two attached hydrogens (primary N) is 1. The molecular weight excluding hydrogens is 348 g/mol. The minimum absolute atomic E-state index is 0.0623. The number of nitrogens with zero attached hydrogens (tertiary/aromatic N) is 7. The summed E-state index contributed by atoms with van der Waals surface area (Å²) in [7, 11) is 3.74. The Kier molecular flexibility index (Phi) is 5.08. The van der Waals surface area contributed by atoms with Gasteiger partial charge in [-0.15, -0.1) is 10.2 Å². The number of nitrogen functional groups attached to an aromatic ring is 1. The van der Waals surface area contributed by atoms with Crippen LogP contribution in [-0.2, 0) is 0 Å². The third kappa shape index (κ3) is 3.77. The third-order valence-corrected chi connectivity index (χ3v) is 4.89. The molecule has 0 amide bonds. The average molecular weight is 370 g/mol. The second kappa shape index (κ2) is 7.28. The zero-order valence-electron chi connectivity index (χ0n) is 15.5. The van der Waals surface area contributed by atoms with Crippen LogP contribution in [0, 0.1) is 13.8 Å². The van der Waals surface area contributed by atoms with E-state index in [2.05, 4.69) is 57.2 Å². The molecule has 0 bridgehead atoms. The van der Waals surface area contributed by atoms with E-state index < -0.39 is 0 Å². The average Bonchev–Trinajstić information content (AvgIpc) is 3.02. The highest BCUT2D eigenvalue weighted by Gasteiger charge is 2.18. The molecule has 8 nitrogen and oxygen atoms in total. The van der Waals surface area contributed by atoms with Gasteiger partial charge < -0.3 is 10.6 Å². The van der Waals surface area contributed by atoms with Crippen LogP contribution in [0.25, 0.3) is 5.69 Å². The van der Waals surface area contributed by atoms with Crippen molar-refractivity contribution in [3.63, 3.8) is 0 Å². The first-order valence-electron chi connectivity index (χ1n) is 8.18. The number of aromatic nitrogens is 6. The maximum atomic E-state index is 5.83. The standard InChI is InChI=1S/C17H22N8S/c1-10-6-7-13(11(2)8-10)25-9-19-23-17(25)26-12(3)14-20-15(18)22-16(21-14)24(4)5/h6-9,12H,1-5H3,(H2,18,20,21,22). The third-order valence-electron chi connectivity index (χ3n) is 3.83. The molecule has 2 N–H and O–H groups in total. The minimum Gasteiger partial charge on any atom is -0.368 e. The van der Waals surface area contributed by atoms with Crippen molar-refractivity contribution < 1.29 is 0 Å². The fourth-order valence-electron chi connectivity index (χ4n) is 2.54. The Balaban J connectivity index is 1.90. The Morgan fingerprint density at radius 1 is 1.15 bits per heavy atom. The van der Waals surface area contributed by atoms with Crippen LogP contribution in [0.1, 0.15) is 29.1 Å². The van der Waals surface area contributed by atoms with Crippen LogP contribution in [0.2, 0.25) is 0 Å². The Labute approximate surface area is 156 Å². The molecule has 0 fully saturated rings. The molecule has 9 heteroatoms. The van der Waals surface area contributed by atoms with Crippen LogP contribution in [0.3, 0.4) is 0 Å². The molecule has 136 valence electrons. The summed E-state index contributed by atoms with van der Waals surface area (Å²) < 4.78 is 1.98. The summed E-state index contributed by atoms with van der Waals surface area (Å²) >= 11 is 1.53. The van der Waals surface area contributed by atoms with Gasteiger partial charge in [0.15, 0.2) is 5.16 Å². The molecule has 1 unspecified atom stereocenters. The molecule has 0 spiro atoms. The van der Waals surface area contributed by atoms with Crippen LogP contribution in [0.4, 0.5) is 11.9 Å². The molecule has 2 aromatic heterocycles. The number of thioether (sulfide) groups is 1. The fraction of sp³-hybridized carbons (Fsp3) is 0.353. The lowest BCUT2D eigenvalue weighted by molar-refractivity contribution is 0.840. The number of hydrogen-bond acceptors (Lipinski definition) is 8. The second-order valence-electron chi connectivity index (χ2n) is 6.28. The smallest absolute Gasteiger partial charge is 0.229 e. The quantitative estimate of drug-likeness (QED) is 0.684. The summed E-state index contributed by atoms with van der Waals surface area (Å²) in [5.41, 5.74) is 9.27. The van der Waals surface area contributed by atoms with Crippen LogP contribution in [0.5, 0.6) is 0 Å². The fourth-order valence-corrected chi connectivity index (χ4v) is 3.42. The Hall–Kier alpha value is -2.68. The topological polar surface area (TPSA) is 98.6 Å². The summed E-state index contributed by atoms with van der Waals surface area (Å²) in [5.74, 6) is 1.36. The molecular formula is C17H22N8S. The molecule has 1 atom stereocenters. The van der Waals surface area contributed by atoms with Crippen molar-refractivity contribution in [3.8, 4) is 5.69 Å². The normalized spacial score (nSPS) is 12.2. The van der Waals surface area contributed by atoms with Crippen molar-refractivity contribution in [2.75, 3.05) is 24.7 Å². The van der Waals surface area contributed by atoms with E-state index in [9.17, 15) is 0 Å². The summed E-state index contributed by atoms with van der Waals surface area (Å²) in [6.07, 6.45) is 1.72. The zero-order valence-corrected chi connectivity index (χ0v) is 16.3. The SMILES string of the molecule is Cc1ccc(-n2cnnc2SC(C)c2nc(N)nc(N(C)C)n2)c(C)c1. The van der Waals surface area contributed by atoms with Gasteiger partial charge in [-0.1, -0.05) is 29.5 Å². The van der Waals surface area contributed by atoms with E-state index in [1.807, 2.05) is 25.6 Å². The van der Waals surface area contributed by atoms with E-state index in [0.29, 0.717) is 11.8 Å². The van der Waals surface area contributed by atoms with Gasteiger partial charge in [0.2, 0.25) is 11.9 Å². The monoisotopic (exact) mass is 370 g/mol. The Morgan fingerprint density at radius 2 is 1.92 bits per heavy atom. The van der Waals surface area contributed by atoms with E-state index in [-0.39, 0.29) is 11.2 Å². The number of aryl methyl sites for hydroxylation is 2. The van der Waals surface area contributed by atoms with Gasteiger partial charge in [-0.05, 0) is 32.4 Å². The molecule has 0 saturated carbocycles. The van der Waals surface area contributed by atoms with Crippen molar-refractivity contribution in [1.29, 1.82) is 0 Å². The Morgan fingerprint density at radius 3 is 2.62 bits per heavy atom. The van der Waals surface area contributed by atoms with Gasteiger partial charge in [0, 0.05) is 14.1 Å². The number of anilines is 2. The van der Waals surface area contributed by atoms with Crippen molar-refractivity contribution in [2.45, 2.75) is 31.2 Å². The van der Waals surface area contributed by atoms with Gasteiger partial charge in [0.25, 0.3) is 0 Å². The van der Waals surface area contributed by atoms with Crippen molar-refractivity contribution >= 4 is 23.7 Å². The minimum atomic E-state index is -0.0623. The number of hydrogen-bond donors (Lipinski definition) is 1. The molecule has 3 aromatic rings. The Bertz CT molecular complexity index is 921. The summed E-state index contributed by atoms with van der Waals surface area (Å²) in [4.78, 5) is 14.7. The van der Waals surface area contributed by atoms with Gasteiger partial charge in [-0.2, -0.15) is 15.0 Å². The molecule has 0 saturated heterocycles. The van der Waals surface area contributed by atoms with E-state index in [4.69, 9.17) is 5.73 Å². The van der Waals surface area contributed by atoms with Crippen LogP contribution in [-0.4, -0.2) is 43.8 Å². The largest absolute Gasteiger partial charge is 0.368 e. The van der Waals surface area contributed by atoms with Crippen LogP contribution < -0.4 is 10.6 Å². The zero-order chi connectivity index (χ0) is 18.8. The molecule has 26 heavy (non-hydrogen) atoms. The predicted octanol–water partition coefficient (Wildman–Crippen LogP) is 2.57. The highest BCUT2D eigenvalue weighted by Crippen LogP contribution is 2.34. The lowest BCUT2D eigenvalue weighted by Gasteiger charge is -2.15. The van der Waals surface area contributed by atoms with Gasteiger partial charge in [-0.3, -0.25) is 4.57 Å². The highest BCUT2D eigenvalue weighted by molar-refractivity contribution is 7.99. The van der Waals surface area contributed by atoms with Crippen molar-refractivity contribution in [2.24, 2.45) is 0 Å². The van der Waals surface area contributed by atoms with Crippen molar-refractivity contribution in [1.82, 2.24) is 29.7 Å². The summed E-state index contributed by atoms with van der Waals surface area (Å²) in [6.45, 7) is 6.17. The van der Waals surface area contributed by atoms with E-state index in [0.717, 1.165) is 10.8 Å². The maximum absolute atomic E-state index is 5.83. The van der Waals surface area contributed by atoms with Gasteiger partial charge in [0.05, 0.1) is 10.9 Å². The lowest BCUT2D eigenvalue weighted by Crippen LogP contribution is -2.16. The first-order chi connectivity index (χ1) is 12.3. The van der Waals surface area contributed by atoms with E-state index in [1.54, 1.807) is 11.2 Å². The first-order valence-corrected chi connectivity index (χ1v) is 9.06. The highest BCUT2D eigenvalue weighted by atomic mass is 32.2. The molecule has 0 aliphatic carbocycles. The van der Waals surface area contributed by atoms with E-state index >= 15 is 0 Å². The summed E-state index contributed by atoms with van der Waals surface area (Å²) in [5, 5.41) is 9.05. The van der Waals surface area contributed by atoms with Gasteiger partial charge >= 0.3 is 0 Å². The lowest BCUT2D eigenvalue weighted by atomic mass is 10.1. The number of rotatable bonds is 5. The second-order valence-corrected chi connectivity index (χ2v) is 7.59. The molecule has 0 aliphatic rings. The van der Waals surface area contributed by atoms with Crippen molar-refractivity contribution in [3.05, 3.63) is 41.5 Å². The molecule has 3 rings (SSSR count). The van der Waals surface area contributed by atoms with Crippen LogP contribution in [0.15, 0.2) is 29.7 Å². The molecule has 1 aromatic carbocycles. The van der Waals surface area contributed by atoms with Crippen LogP contribution >= 0.6 is 11.8 Å². The molecule has 0 aliphatic heterocycles.